The van der Waals surface area contributed by atoms with Gasteiger partial charge in [0.2, 0.25) is 0 Å². The number of hydrogen-bond acceptors (Lipinski definition) is 5. The van der Waals surface area contributed by atoms with Crippen molar-refractivity contribution in [1.29, 1.82) is 0 Å². The van der Waals surface area contributed by atoms with Crippen molar-refractivity contribution in [3.63, 3.8) is 0 Å². The third kappa shape index (κ3) is 3.29. The Morgan fingerprint density at radius 2 is 2.18 bits per heavy atom. The highest BCUT2D eigenvalue weighted by atomic mass is 32.1. The molecule has 0 spiro atoms. The summed E-state index contributed by atoms with van der Waals surface area (Å²) in [5.74, 6) is 0. The number of rotatable bonds is 4. The van der Waals surface area contributed by atoms with Crippen LogP contribution in [0.5, 0.6) is 0 Å². The first-order valence-corrected chi connectivity index (χ1v) is 6.05. The summed E-state index contributed by atoms with van der Waals surface area (Å²) in [4.78, 5) is 9.31. The molecule has 0 radical (unpaired) electrons. The quantitative estimate of drug-likeness (QED) is 0.667. The SMILES string of the molecule is C/C(=N\OCc1csc(N)n1)c1ccccc1. The second kappa shape index (κ2) is 5.45. The molecule has 0 aliphatic carbocycles. The predicted molar refractivity (Wildman–Crippen MR) is 70.0 cm³/mol. The van der Waals surface area contributed by atoms with Gasteiger partial charge in [-0.25, -0.2) is 4.98 Å². The molecule has 5 heteroatoms. The molecular weight excluding hydrogens is 234 g/mol. The van der Waals surface area contributed by atoms with E-state index in [1.54, 1.807) is 0 Å². The van der Waals surface area contributed by atoms with Gasteiger partial charge in [0, 0.05) is 5.38 Å². The van der Waals surface area contributed by atoms with Gasteiger partial charge in [0.05, 0.1) is 11.4 Å². The van der Waals surface area contributed by atoms with E-state index < -0.39 is 0 Å². The molecule has 0 saturated carbocycles. The van der Waals surface area contributed by atoms with E-state index in [-0.39, 0.29) is 0 Å². The highest BCUT2D eigenvalue weighted by Gasteiger charge is 1.99. The Balaban J connectivity index is 1.93. The number of thiazole rings is 1. The number of nitrogens with zero attached hydrogens (tertiary/aromatic N) is 2. The number of oxime groups is 1. The van der Waals surface area contributed by atoms with Crippen LogP contribution in [0.25, 0.3) is 0 Å². The fourth-order valence-electron chi connectivity index (χ4n) is 1.32. The summed E-state index contributed by atoms with van der Waals surface area (Å²) in [7, 11) is 0. The van der Waals surface area contributed by atoms with Gasteiger partial charge in [-0.05, 0) is 12.5 Å². The second-order valence-corrected chi connectivity index (χ2v) is 4.38. The summed E-state index contributed by atoms with van der Waals surface area (Å²) in [5.41, 5.74) is 8.21. The lowest BCUT2D eigenvalue weighted by molar-refractivity contribution is 0.128. The van der Waals surface area contributed by atoms with E-state index in [1.165, 1.54) is 11.3 Å². The van der Waals surface area contributed by atoms with E-state index in [0.717, 1.165) is 17.0 Å². The first-order chi connectivity index (χ1) is 8.25. The molecule has 1 heterocycles. The Labute approximate surface area is 104 Å². The topological polar surface area (TPSA) is 60.5 Å². The molecule has 0 bridgehead atoms. The summed E-state index contributed by atoms with van der Waals surface area (Å²) in [6, 6.07) is 9.88. The Morgan fingerprint density at radius 3 is 2.82 bits per heavy atom. The third-order valence-corrected chi connectivity index (χ3v) is 2.90. The molecule has 88 valence electrons. The maximum atomic E-state index is 5.52. The molecule has 1 aromatic carbocycles. The van der Waals surface area contributed by atoms with Crippen LogP contribution in [0.2, 0.25) is 0 Å². The maximum absolute atomic E-state index is 5.52. The van der Waals surface area contributed by atoms with Crippen LogP contribution in [-0.2, 0) is 11.4 Å². The van der Waals surface area contributed by atoms with Gasteiger partial charge in [-0.3, -0.25) is 0 Å². The van der Waals surface area contributed by atoms with Gasteiger partial charge in [-0.2, -0.15) is 0 Å². The largest absolute Gasteiger partial charge is 0.389 e. The molecule has 0 atom stereocenters. The zero-order valence-electron chi connectivity index (χ0n) is 9.46. The predicted octanol–water partition coefficient (Wildman–Crippen LogP) is 2.67. The third-order valence-electron chi connectivity index (χ3n) is 2.17. The van der Waals surface area contributed by atoms with E-state index in [4.69, 9.17) is 10.6 Å². The van der Waals surface area contributed by atoms with E-state index in [0.29, 0.717) is 11.7 Å². The smallest absolute Gasteiger partial charge is 0.180 e. The molecular formula is C12H13N3OS. The van der Waals surface area contributed by atoms with Crippen LogP contribution in [0.3, 0.4) is 0 Å². The van der Waals surface area contributed by atoms with Crippen molar-refractivity contribution in [2.24, 2.45) is 5.16 Å². The normalized spacial score (nSPS) is 11.5. The maximum Gasteiger partial charge on any atom is 0.180 e. The van der Waals surface area contributed by atoms with Crippen LogP contribution in [0.1, 0.15) is 18.2 Å². The van der Waals surface area contributed by atoms with Gasteiger partial charge in [0.25, 0.3) is 0 Å². The van der Waals surface area contributed by atoms with Gasteiger partial charge in [-0.15, -0.1) is 11.3 Å². The van der Waals surface area contributed by atoms with Crippen molar-refractivity contribution in [2.75, 3.05) is 5.73 Å². The van der Waals surface area contributed by atoms with Gasteiger partial charge in [0.15, 0.2) is 11.7 Å². The number of nitrogens with two attached hydrogens (primary N) is 1. The number of anilines is 1. The minimum absolute atomic E-state index is 0.345. The molecule has 4 nitrogen and oxygen atoms in total. The molecule has 0 saturated heterocycles. The highest BCUT2D eigenvalue weighted by Crippen LogP contribution is 2.12. The highest BCUT2D eigenvalue weighted by molar-refractivity contribution is 7.13. The summed E-state index contributed by atoms with van der Waals surface area (Å²) in [6.07, 6.45) is 0. The first-order valence-electron chi connectivity index (χ1n) is 5.17. The van der Waals surface area contributed by atoms with Crippen LogP contribution >= 0.6 is 11.3 Å². The lowest BCUT2D eigenvalue weighted by atomic mass is 10.1. The van der Waals surface area contributed by atoms with E-state index in [9.17, 15) is 0 Å². The molecule has 0 amide bonds. The Bertz CT molecular complexity index is 507. The van der Waals surface area contributed by atoms with Crippen molar-refractivity contribution in [3.8, 4) is 0 Å². The summed E-state index contributed by atoms with van der Waals surface area (Å²) in [5, 5.41) is 6.45. The molecule has 2 N–H and O–H groups in total. The van der Waals surface area contributed by atoms with E-state index in [1.807, 2.05) is 42.6 Å². The molecule has 0 aliphatic heterocycles. The average molecular weight is 247 g/mol. The standard InChI is InChI=1S/C12H13N3OS/c1-9(10-5-3-2-4-6-10)15-16-7-11-8-17-12(13)14-11/h2-6,8H,7H2,1H3,(H2,13,14)/b15-9+. The van der Waals surface area contributed by atoms with E-state index in [2.05, 4.69) is 10.1 Å². The summed E-state index contributed by atoms with van der Waals surface area (Å²) < 4.78 is 0. The van der Waals surface area contributed by atoms with Crippen LogP contribution < -0.4 is 5.73 Å². The number of benzene rings is 1. The molecule has 0 aliphatic rings. The van der Waals surface area contributed by atoms with E-state index >= 15 is 0 Å². The minimum Gasteiger partial charge on any atom is -0.389 e. The molecule has 1 aromatic heterocycles. The van der Waals surface area contributed by atoms with Gasteiger partial charge in [0.1, 0.15) is 0 Å². The van der Waals surface area contributed by atoms with Gasteiger partial charge < -0.3 is 10.6 Å². The summed E-state index contributed by atoms with van der Waals surface area (Å²) in [6.45, 7) is 2.25. The average Bonchev–Trinajstić information content (AvgIpc) is 2.76. The number of nitrogen functional groups attached to an aromatic ring is 1. The van der Waals surface area contributed by atoms with Crippen LogP contribution in [-0.4, -0.2) is 10.7 Å². The number of aromatic nitrogens is 1. The monoisotopic (exact) mass is 247 g/mol. The van der Waals surface area contributed by atoms with Crippen molar-refractivity contribution in [3.05, 3.63) is 47.0 Å². The lowest BCUT2D eigenvalue weighted by Gasteiger charge is -2.00. The first kappa shape index (κ1) is 11.6. The zero-order chi connectivity index (χ0) is 12.1. The van der Waals surface area contributed by atoms with Crippen LogP contribution in [0.4, 0.5) is 5.13 Å². The fourth-order valence-corrected chi connectivity index (χ4v) is 1.86. The zero-order valence-corrected chi connectivity index (χ0v) is 10.3. The molecule has 17 heavy (non-hydrogen) atoms. The van der Waals surface area contributed by atoms with Crippen LogP contribution in [0.15, 0.2) is 40.9 Å². The Morgan fingerprint density at radius 1 is 1.41 bits per heavy atom. The fraction of sp³-hybridized carbons (Fsp3) is 0.167. The Kier molecular flexibility index (Phi) is 3.72. The summed E-state index contributed by atoms with van der Waals surface area (Å²) >= 11 is 1.40. The minimum atomic E-state index is 0.345. The van der Waals surface area contributed by atoms with Crippen molar-refractivity contribution < 1.29 is 4.84 Å². The second-order valence-electron chi connectivity index (χ2n) is 3.49. The lowest BCUT2D eigenvalue weighted by Crippen LogP contribution is -1.96. The number of hydrogen-bond donors (Lipinski definition) is 1. The molecule has 2 aromatic rings. The molecule has 0 unspecified atom stereocenters. The molecule has 0 fully saturated rings. The van der Waals surface area contributed by atoms with Crippen molar-refractivity contribution in [2.45, 2.75) is 13.5 Å². The van der Waals surface area contributed by atoms with Gasteiger partial charge >= 0.3 is 0 Å². The van der Waals surface area contributed by atoms with Crippen molar-refractivity contribution in [1.82, 2.24) is 4.98 Å². The Hall–Kier alpha value is -1.88. The van der Waals surface area contributed by atoms with Crippen molar-refractivity contribution >= 4 is 22.2 Å². The molecule has 2 rings (SSSR count). The van der Waals surface area contributed by atoms with Crippen LogP contribution in [0, 0.1) is 0 Å². The van der Waals surface area contributed by atoms with Gasteiger partial charge in [-0.1, -0.05) is 35.5 Å².